The molecule has 2 N–H and O–H groups in total. The first-order valence-electron chi connectivity index (χ1n) is 3.87. The van der Waals surface area contributed by atoms with Gasteiger partial charge in [0.15, 0.2) is 19.9 Å². The van der Waals surface area contributed by atoms with Crippen LogP contribution in [0, 0.1) is 5.82 Å². The van der Waals surface area contributed by atoms with Gasteiger partial charge in [0.25, 0.3) is 0 Å². The Labute approximate surface area is 76.3 Å². The third kappa shape index (κ3) is 1.94. The smallest absolute Gasteiger partial charge is 0.341 e. The zero-order chi connectivity index (χ0) is 10.2. The van der Waals surface area contributed by atoms with Gasteiger partial charge >= 0.3 is 5.69 Å². The minimum atomic E-state index is -1.89. The maximum atomic E-state index is 13.0. The summed E-state index contributed by atoms with van der Waals surface area (Å²) in [5.74, 6) is -0.971. The van der Waals surface area contributed by atoms with Crippen LogP contribution in [0.25, 0.3) is 0 Å². The highest BCUT2D eigenvalue weighted by atomic mass is 28.3. The van der Waals surface area contributed by atoms with Gasteiger partial charge in [-0.1, -0.05) is 19.6 Å². The van der Waals surface area contributed by atoms with Crippen molar-refractivity contribution in [1.82, 2.24) is 9.22 Å². The molecule has 1 rings (SSSR count). The van der Waals surface area contributed by atoms with E-state index in [0.717, 1.165) is 6.20 Å². The van der Waals surface area contributed by atoms with Crippen molar-refractivity contribution in [2.24, 2.45) is 0 Å². The third-order valence-corrected chi connectivity index (χ3v) is 3.40. The normalized spacial score (nSPS) is 11.7. The summed E-state index contributed by atoms with van der Waals surface area (Å²) in [5, 5.41) is 0. The van der Waals surface area contributed by atoms with E-state index in [1.165, 1.54) is 4.23 Å². The first-order chi connectivity index (χ1) is 5.82. The number of rotatable bonds is 1. The van der Waals surface area contributed by atoms with Crippen LogP contribution < -0.4 is 11.4 Å². The average Bonchev–Trinajstić information content (AvgIpc) is 1.94. The Morgan fingerprint density at radius 1 is 1.54 bits per heavy atom. The molecule has 0 fully saturated rings. The van der Waals surface area contributed by atoms with Gasteiger partial charge < -0.3 is 9.97 Å². The van der Waals surface area contributed by atoms with Crippen LogP contribution in [0.15, 0.2) is 11.0 Å². The van der Waals surface area contributed by atoms with E-state index in [1.54, 1.807) is 0 Å². The number of aromatic nitrogens is 2. The van der Waals surface area contributed by atoms with Gasteiger partial charge in [0, 0.05) is 6.20 Å². The molecule has 0 radical (unpaired) electrons. The van der Waals surface area contributed by atoms with Crippen molar-refractivity contribution in [2.75, 3.05) is 5.73 Å². The SMILES string of the molecule is C[Si](C)(C)n1cc(F)c(N)nc1=O. The second-order valence-electron chi connectivity index (χ2n) is 3.80. The van der Waals surface area contributed by atoms with Crippen LogP contribution in [0.1, 0.15) is 0 Å². The number of anilines is 1. The molecule has 0 unspecified atom stereocenters. The average molecular weight is 201 g/mol. The fourth-order valence-corrected chi connectivity index (χ4v) is 2.05. The molecule has 1 heterocycles. The van der Waals surface area contributed by atoms with Crippen LogP contribution in [-0.4, -0.2) is 17.5 Å². The van der Waals surface area contributed by atoms with Gasteiger partial charge in [-0.3, -0.25) is 0 Å². The summed E-state index contributed by atoms with van der Waals surface area (Å²) >= 11 is 0. The van der Waals surface area contributed by atoms with Crippen LogP contribution in [-0.2, 0) is 0 Å². The molecule has 4 nitrogen and oxygen atoms in total. The summed E-state index contributed by atoms with van der Waals surface area (Å²) in [4.78, 5) is 14.7. The second kappa shape index (κ2) is 2.95. The van der Waals surface area contributed by atoms with E-state index in [1.807, 2.05) is 19.6 Å². The van der Waals surface area contributed by atoms with Gasteiger partial charge in [-0.25, -0.2) is 9.18 Å². The highest BCUT2D eigenvalue weighted by molar-refractivity contribution is 6.74. The molecule has 0 aromatic carbocycles. The Morgan fingerprint density at radius 3 is 2.54 bits per heavy atom. The summed E-state index contributed by atoms with van der Waals surface area (Å²) in [5.41, 5.74) is 4.67. The summed E-state index contributed by atoms with van der Waals surface area (Å²) in [6.07, 6.45) is 1.14. The number of hydrogen-bond donors (Lipinski definition) is 1. The number of halogens is 1. The summed E-state index contributed by atoms with van der Waals surface area (Å²) in [6, 6.07) is 0. The molecule has 0 bridgehead atoms. The van der Waals surface area contributed by atoms with E-state index in [4.69, 9.17) is 5.73 Å². The number of nitrogen functional groups attached to an aromatic ring is 1. The zero-order valence-corrected chi connectivity index (χ0v) is 8.84. The summed E-state index contributed by atoms with van der Waals surface area (Å²) < 4.78 is 14.3. The molecule has 0 aliphatic rings. The molecule has 0 saturated heterocycles. The lowest BCUT2D eigenvalue weighted by Crippen LogP contribution is -2.42. The fourth-order valence-electron chi connectivity index (χ4n) is 0.926. The lowest BCUT2D eigenvalue weighted by Gasteiger charge is -2.18. The van der Waals surface area contributed by atoms with Crippen LogP contribution in [0.5, 0.6) is 0 Å². The highest BCUT2D eigenvalue weighted by Crippen LogP contribution is 2.06. The first kappa shape index (κ1) is 9.91. The van der Waals surface area contributed by atoms with Crippen LogP contribution in [0.2, 0.25) is 19.6 Å². The molecule has 72 valence electrons. The topological polar surface area (TPSA) is 60.9 Å². The zero-order valence-electron chi connectivity index (χ0n) is 7.84. The van der Waals surface area contributed by atoms with Crippen molar-refractivity contribution in [3.63, 3.8) is 0 Å². The standard InChI is InChI=1S/C7H12FN3OSi/c1-13(2,3)11-4-5(8)6(9)10-7(11)12/h4H,1-3H3,(H2,9,10,12). The second-order valence-corrected chi connectivity index (χ2v) is 8.62. The lowest BCUT2D eigenvalue weighted by atomic mass is 10.6. The Kier molecular flexibility index (Phi) is 2.25. The predicted molar refractivity (Wildman–Crippen MR) is 51.6 cm³/mol. The van der Waals surface area contributed by atoms with Crippen molar-refractivity contribution in [1.29, 1.82) is 0 Å². The van der Waals surface area contributed by atoms with Crippen molar-refractivity contribution < 1.29 is 4.39 Å². The minimum absolute atomic E-state index is 0.334. The Bertz CT molecular complexity index is 382. The van der Waals surface area contributed by atoms with Crippen molar-refractivity contribution >= 4 is 14.1 Å². The maximum Gasteiger partial charge on any atom is 0.341 e. The number of nitrogens with two attached hydrogens (primary N) is 1. The van der Waals surface area contributed by atoms with Gasteiger partial charge in [0.2, 0.25) is 0 Å². The molecule has 0 aliphatic carbocycles. The van der Waals surface area contributed by atoms with E-state index in [-0.39, 0.29) is 5.82 Å². The molecule has 0 atom stereocenters. The van der Waals surface area contributed by atoms with Crippen LogP contribution >= 0.6 is 0 Å². The molecule has 0 saturated carbocycles. The first-order valence-corrected chi connectivity index (χ1v) is 7.32. The molecule has 1 aromatic rings. The third-order valence-electron chi connectivity index (χ3n) is 1.63. The van der Waals surface area contributed by atoms with E-state index in [2.05, 4.69) is 4.98 Å². The monoisotopic (exact) mass is 201 g/mol. The van der Waals surface area contributed by atoms with Crippen molar-refractivity contribution in [2.45, 2.75) is 19.6 Å². The van der Waals surface area contributed by atoms with Crippen molar-refractivity contribution in [3.05, 3.63) is 22.5 Å². The molecular weight excluding hydrogens is 189 g/mol. The Hall–Kier alpha value is -1.17. The lowest BCUT2D eigenvalue weighted by molar-refractivity contribution is 0.611. The van der Waals surface area contributed by atoms with Crippen molar-refractivity contribution in [3.8, 4) is 0 Å². The largest absolute Gasteiger partial charge is 0.381 e. The molecule has 13 heavy (non-hydrogen) atoms. The Balaban J connectivity index is 3.41. The molecule has 6 heteroatoms. The van der Waals surface area contributed by atoms with E-state index in [9.17, 15) is 9.18 Å². The van der Waals surface area contributed by atoms with Gasteiger partial charge in [-0.2, -0.15) is 4.98 Å². The summed E-state index contributed by atoms with van der Waals surface area (Å²) in [7, 11) is -1.89. The van der Waals surface area contributed by atoms with E-state index in [0.29, 0.717) is 0 Å². The minimum Gasteiger partial charge on any atom is -0.381 e. The highest BCUT2D eigenvalue weighted by Gasteiger charge is 2.19. The molecule has 0 spiro atoms. The summed E-state index contributed by atoms with van der Waals surface area (Å²) in [6.45, 7) is 5.77. The van der Waals surface area contributed by atoms with E-state index < -0.39 is 19.7 Å². The molecule has 0 aliphatic heterocycles. The quantitative estimate of drug-likeness (QED) is 0.678. The Morgan fingerprint density at radius 2 is 2.08 bits per heavy atom. The van der Waals surface area contributed by atoms with Gasteiger partial charge in [0.05, 0.1) is 0 Å². The molecule has 0 amide bonds. The molecule has 1 aromatic heterocycles. The van der Waals surface area contributed by atoms with Crippen LogP contribution in [0.3, 0.4) is 0 Å². The van der Waals surface area contributed by atoms with Crippen LogP contribution in [0.4, 0.5) is 10.2 Å². The van der Waals surface area contributed by atoms with Gasteiger partial charge in [0.1, 0.15) is 0 Å². The molecular formula is C7H12FN3OSi. The van der Waals surface area contributed by atoms with Gasteiger partial charge in [-0.15, -0.1) is 0 Å². The van der Waals surface area contributed by atoms with E-state index >= 15 is 0 Å². The fraction of sp³-hybridized carbons (Fsp3) is 0.429. The maximum absolute atomic E-state index is 13.0. The number of hydrogen-bond acceptors (Lipinski definition) is 3. The predicted octanol–water partition coefficient (Wildman–Crippen LogP) is 0.648. The number of nitrogens with zero attached hydrogens (tertiary/aromatic N) is 2. The van der Waals surface area contributed by atoms with Gasteiger partial charge in [-0.05, 0) is 0 Å².